The summed E-state index contributed by atoms with van der Waals surface area (Å²) in [5, 5.41) is 1.97. The summed E-state index contributed by atoms with van der Waals surface area (Å²) < 4.78 is 0. The van der Waals surface area contributed by atoms with Gasteiger partial charge in [-0.1, -0.05) is 41.0 Å². The normalized spacial score (nSPS) is 12.7. The zero-order chi connectivity index (χ0) is 11.1. The predicted octanol–water partition coefficient (Wildman–Crippen LogP) is 3.69. The molecule has 15 heavy (non-hydrogen) atoms. The van der Waals surface area contributed by atoms with E-state index in [1.54, 1.807) is 11.8 Å². The Hall–Kier alpha value is -0.0900. The van der Waals surface area contributed by atoms with Crippen LogP contribution in [0, 0.1) is 12.8 Å². The maximum atomic E-state index is 4.38. The van der Waals surface area contributed by atoms with Crippen molar-refractivity contribution in [1.29, 1.82) is 0 Å². The number of hydrogen-bond acceptors (Lipinski definition) is 3. The third-order valence-electron chi connectivity index (χ3n) is 2.14. The van der Waals surface area contributed by atoms with Crippen LogP contribution in [0.25, 0.3) is 0 Å². The molecule has 0 aliphatic rings. The molecule has 0 aromatic carbocycles. The van der Waals surface area contributed by atoms with Gasteiger partial charge < -0.3 is 0 Å². The molecule has 1 aromatic rings. The van der Waals surface area contributed by atoms with Gasteiger partial charge in [-0.25, -0.2) is 9.97 Å². The van der Waals surface area contributed by atoms with Crippen LogP contribution >= 0.6 is 27.7 Å². The van der Waals surface area contributed by atoms with Crippen molar-refractivity contribution in [1.82, 2.24) is 9.97 Å². The Balaban J connectivity index is 2.41. The van der Waals surface area contributed by atoms with Crippen LogP contribution in [0.3, 0.4) is 0 Å². The summed E-state index contributed by atoms with van der Waals surface area (Å²) in [5.41, 5.74) is 1.04. The highest BCUT2D eigenvalue weighted by atomic mass is 79.9. The van der Waals surface area contributed by atoms with Gasteiger partial charge in [-0.3, -0.25) is 0 Å². The first-order chi connectivity index (χ1) is 7.26. The minimum atomic E-state index is 0.726. The zero-order valence-electron chi connectivity index (χ0n) is 9.24. The van der Waals surface area contributed by atoms with E-state index in [0.29, 0.717) is 0 Å². The molecule has 0 saturated carbocycles. The van der Waals surface area contributed by atoms with Crippen molar-refractivity contribution >= 4 is 27.7 Å². The van der Waals surface area contributed by atoms with Crippen LogP contribution < -0.4 is 0 Å². The lowest BCUT2D eigenvalue weighted by Gasteiger charge is -2.11. The maximum absolute atomic E-state index is 4.38. The number of alkyl halides is 1. The van der Waals surface area contributed by atoms with Crippen LogP contribution in [0.1, 0.15) is 25.5 Å². The molecular formula is C11H17BrN2S. The molecule has 0 fully saturated rings. The molecule has 0 spiro atoms. The van der Waals surface area contributed by atoms with Crippen LogP contribution in [0.4, 0.5) is 0 Å². The van der Waals surface area contributed by atoms with Crippen LogP contribution in [0.2, 0.25) is 0 Å². The van der Waals surface area contributed by atoms with E-state index in [9.17, 15) is 0 Å². The second-order valence-electron chi connectivity index (χ2n) is 3.60. The number of aromatic nitrogens is 2. The van der Waals surface area contributed by atoms with Gasteiger partial charge in [0.25, 0.3) is 0 Å². The van der Waals surface area contributed by atoms with Gasteiger partial charge >= 0.3 is 0 Å². The lowest BCUT2D eigenvalue weighted by molar-refractivity contribution is 0.597. The van der Waals surface area contributed by atoms with Crippen molar-refractivity contribution in [2.24, 2.45) is 5.92 Å². The summed E-state index contributed by atoms with van der Waals surface area (Å²) in [6.07, 6.45) is 4.34. The summed E-state index contributed by atoms with van der Waals surface area (Å²) in [7, 11) is 0. The lowest BCUT2D eigenvalue weighted by Crippen LogP contribution is -2.05. The molecule has 2 nitrogen and oxygen atoms in total. The number of thioether (sulfide) groups is 1. The van der Waals surface area contributed by atoms with Gasteiger partial charge in [0.1, 0.15) is 0 Å². The summed E-state index contributed by atoms with van der Waals surface area (Å²) in [6.45, 7) is 4.23. The fourth-order valence-corrected chi connectivity index (χ4v) is 3.17. The Labute approximate surface area is 104 Å². The molecule has 0 aliphatic carbocycles. The topological polar surface area (TPSA) is 25.8 Å². The molecule has 1 atom stereocenters. The molecule has 0 saturated heterocycles. The van der Waals surface area contributed by atoms with E-state index in [0.717, 1.165) is 27.9 Å². The Morgan fingerprint density at radius 1 is 1.53 bits per heavy atom. The molecule has 1 unspecified atom stereocenters. The molecule has 0 radical (unpaired) electrons. The van der Waals surface area contributed by atoms with E-state index in [-0.39, 0.29) is 0 Å². The number of aryl methyl sites for hydroxylation is 1. The molecule has 0 N–H and O–H groups in total. The first kappa shape index (κ1) is 13.0. The highest BCUT2D eigenvalue weighted by Crippen LogP contribution is 2.20. The van der Waals surface area contributed by atoms with Crippen molar-refractivity contribution in [3.8, 4) is 0 Å². The average Bonchev–Trinajstić information content (AvgIpc) is 2.24. The second kappa shape index (κ2) is 7.23. The molecular weight excluding hydrogens is 272 g/mol. The fraction of sp³-hybridized carbons (Fsp3) is 0.636. The molecule has 1 heterocycles. The Bertz CT molecular complexity index is 294. The Morgan fingerprint density at radius 3 is 2.93 bits per heavy atom. The lowest BCUT2D eigenvalue weighted by atomic mass is 10.1. The first-order valence-electron chi connectivity index (χ1n) is 5.24. The zero-order valence-corrected chi connectivity index (χ0v) is 11.6. The Morgan fingerprint density at radius 2 is 2.33 bits per heavy atom. The van der Waals surface area contributed by atoms with E-state index in [4.69, 9.17) is 0 Å². The highest BCUT2D eigenvalue weighted by molar-refractivity contribution is 9.09. The van der Waals surface area contributed by atoms with Gasteiger partial charge in [0.15, 0.2) is 5.16 Å². The van der Waals surface area contributed by atoms with Crippen LogP contribution in [0.5, 0.6) is 0 Å². The van der Waals surface area contributed by atoms with E-state index >= 15 is 0 Å². The van der Waals surface area contributed by atoms with Crippen LogP contribution in [-0.2, 0) is 0 Å². The van der Waals surface area contributed by atoms with Gasteiger partial charge in [-0.05, 0) is 25.3 Å². The second-order valence-corrected chi connectivity index (χ2v) is 5.24. The third-order valence-corrected chi connectivity index (χ3v) is 4.14. The number of halogens is 1. The van der Waals surface area contributed by atoms with E-state index in [1.165, 1.54) is 12.8 Å². The third kappa shape index (κ3) is 4.98. The highest BCUT2D eigenvalue weighted by Gasteiger charge is 2.07. The molecule has 84 valence electrons. The molecule has 1 rings (SSSR count). The monoisotopic (exact) mass is 288 g/mol. The summed E-state index contributed by atoms with van der Waals surface area (Å²) in [6, 6.07) is 1.93. The van der Waals surface area contributed by atoms with Crippen molar-refractivity contribution < 1.29 is 0 Å². The Kier molecular flexibility index (Phi) is 6.25. The molecule has 4 heteroatoms. The van der Waals surface area contributed by atoms with E-state index in [1.807, 2.05) is 19.2 Å². The van der Waals surface area contributed by atoms with Crippen LogP contribution in [0.15, 0.2) is 17.4 Å². The molecule has 0 amide bonds. The van der Waals surface area contributed by atoms with Gasteiger partial charge in [0, 0.05) is 23.0 Å². The van der Waals surface area contributed by atoms with Gasteiger partial charge in [-0.2, -0.15) is 0 Å². The number of rotatable bonds is 6. The molecule has 0 bridgehead atoms. The minimum Gasteiger partial charge on any atom is -0.231 e. The standard InChI is InChI=1S/C11H17BrN2S/c1-3-4-10(7-12)8-15-11-13-6-5-9(2)14-11/h5-6,10H,3-4,7-8H2,1-2H3. The molecule has 0 aliphatic heterocycles. The largest absolute Gasteiger partial charge is 0.231 e. The SMILES string of the molecule is CCCC(CBr)CSc1nccc(C)n1. The summed E-state index contributed by atoms with van der Waals surface area (Å²) in [5.74, 6) is 1.83. The average molecular weight is 289 g/mol. The quantitative estimate of drug-likeness (QED) is 0.454. The predicted molar refractivity (Wildman–Crippen MR) is 69.7 cm³/mol. The van der Waals surface area contributed by atoms with Gasteiger partial charge in [0.2, 0.25) is 0 Å². The smallest absolute Gasteiger partial charge is 0.187 e. The summed E-state index contributed by atoms with van der Waals surface area (Å²) >= 11 is 5.31. The van der Waals surface area contributed by atoms with Crippen molar-refractivity contribution in [2.75, 3.05) is 11.1 Å². The van der Waals surface area contributed by atoms with Gasteiger partial charge in [0.05, 0.1) is 0 Å². The number of nitrogens with zero attached hydrogens (tertiary/aromatic N) is 2. The van der Waals surface area contributed by atoms with Crippen molar-refractivity contribution in [3.05, 3.63) is 18.0 Å². The van der Waals surface area contributed by atoms with Crippen molar-refractivity contribution in [3.63, 3.8) is 0 Å². The van der Waals surface area contributed by atoms with Crippen LogP contribution in [-0.4, -0.2) is 21.1 Å². The minimum absolute atomic E-state index is 0.726. The maximum Gasteiger partial charge on any atom is 0.187 e. The first-order valence-corrected chi connectivity index (χ1v) is 7.35. The molecule has 1 aromatic heterocycles. The fourth-order valence-electron chi connectivity index (χ4n) is 1.30. The number of hydrogen-bond donors (Lipinski definition) is 0. The van der Waals surface area contributed by atoms with E-state index < -0.39 is 0 Å². The van der Waals surface area contributed by atoms with Crippen molar-refractivity contribution in [2.45, 2.75) is 31.8 Å². The van der Waals surface area contributed by atoms with Gasteiger partial charge in [-0.15, -0.1) is 0 Å². The summed E-state index contributed by atoms with van der Waals surface area (Å²) in [4.78, 5) is 8.62. The van der Waals surface area contributed by atoms with E-state index in [2.05, 4.69) is 32.8 Å².